The Morgan fingerprint density at radius 2 is 2.31 bits per heavy atom. The molecule has 0 heterocycles. The molecule has 0 radical (unpaired) electrons. The number of hydrogen-bond donors (Lipinski definition) is 1. The van der Waals surface area contributed by atoms with Crippen LogP contribution in [0.2, 0.25) is 0 Å². The minimum absolute atomic E-state index is 0.253. The van der Waals surface area contributed by atoms with Crippen LogP contribution < -0.4 is 0 Å². The number of aliphatic imine (C=N–C) groups is 1. The van der Waals surface area contributed by atoms with Gasteiger partial charge in [0.15, 0.2) is 0 Å². The van der Waals surface area contributed by atoms with Crippen LogP contribution in [0, 0.1) is 11.8 Å². The molecule has 2 unspecified atom stereocenters. The van der Waals surface area contributed by atoms with Crippen molar-refractivity contribution in [1.29, 1.82) is 0 Å². The van der Waals surface area contributed by atoms with E-state index in [1.165, 1.54) is 0 Å². The van der Waals surface area contributed by atoms with Crippen LogP contribution in [0.5, 0.6) is 0 Å². The fraction of sp³-hybridized carbons (Fsp3) is 0.778. The van der Waals surface area contributed by atoms with Crippen molar-refractivity contribution in [2.24, 2.45) is 16.8 Å². The molecule has 0 fully saturated rings. The van der Waals surface area contributed by atoms with Gasteiger partial charge in [-0.3, -0.25) is 4.79 Å². The van der Waals surface area contributed by atoms with E-state index in [1.807, 2.05) is 13.8 Å². The first-order chi connectivity index (χ1) is 6.11. The molecule has 0 aliphatic carbocycles. The van der Waals surface area contributed by atoms with Gasteiger partial charge in [-0.2, -0.15) is 0 Å². The number of carboxylic acid groups (broad SMARTS) is 1. The average molecular weight is 201 g/mol. The Labute approximate surface area is 83.9 Å². The largest absolute Gasteiger partial charge is 0.481 e. The Morgan fingerprint density at radius 3 is 2.69 bits per heavy atom. The Hall–Kier alpha value is -0.730. The third-order valence-electron chi connectivity index (χ3n) is 2.11. The van der Waals surface area contributed by atoms with Gasteiger partial charge in [-0.15, -0.1) is 0 Å². The molecule has 0 bridgehead atoms. The molecule has 0 aromatic heterocycles. The van der Waals surface area contributed by atoms with Crippen LogP contribution >= 0.6 is 12.2 Å². The molecule has 3 nitrogen and oxygen atoms in total. The summed E-state index contributed by atoms with van der Waals surface area (Å²) in [5.74, 6) is -0.791. The number of carbonyl (C=O) groups is 1. The Morgan fingerprint density at radius 1 is 1.69 bits per heavy atom. The summed E-state index contributed by atoms with van der Waals surface area (Å²) in [6.45, 7) is 4.34. The molecule has 0 aliphatic heterocycles. The molecular weight excluding hydrogens is 186 g/mol. The zero-order valence-electron chi connectivity index (χ0n) is 7.99. The summed E-state index contributed by atoms with van der Waals surface area (Å²) in [7, 11) is 0. The first kappa shape index (κ1) is 12.3. The standard InChI is InChI=1S/C9H15NO2S/c1-3-7(2)4-8(9(11)12)5-10-6-13/h7-8H,3-5H2,1-2H3,(H,11,12). The van der Waals surface area contributed by atoms with Crippen molar-refractivity contribution in [3.63, 3.8) is 0 Å². The van der Waals surface area contributed by atoms with Gasteiger partial charge in [0, 0.05) is 0 Å². The molecule has 0 saturated carbocycles. The maximum absolute atomic E-state index is 10.7. The molecule has 0 aromatic rings. The van der Waals surface area contributed by atoms with E-state index in [9.17, 15) is 4.79 Å². The van der Waals surface area contributed by atoms with Gasteiger partial charge in [0.1, 0.15) is 0 Å². The fourth-order valence-corrected chi connectivity index (χ4v) is 1.13. The molecule has 0 aliphatic rings. The molecule has 0 rings (SSSR count). The third kappa shape index (κ3) is 5.50. The van der Waals surface area contributed by atoms with E-state index >= 15 is 0 Å². The van der Waals surface area contributed by atoms with Gasteiger partial charge in [-0.05, 0) is 24.6 Å². The van der Waals surface area contributed by atoms with Crippen LogP contribution in [0.25, 0.3) is 0 Å². The summed E-state index contributed by atoms with van der Waals surface area (Å²) >= 11 is 4.39. The van der Waals surface area contributed by atoms with Crippen molar-refractivity contribution in [2.75, 3.05) is 6.54 Å². The predicted molar refractivity (Wildman–Crippen MR) is 55.1 cm³/mol. The van der Waals surface area contributed by atoms with E-state index in [1.54, 1.807) is 0 Å². The van der Waals surface area contributed by atoms with Gasteiger partial charge in [-0.25, -0.2) is 4.99 Å². The highest BCUT2D eigenvalue weighted by atomic mass is 32.1. The molecule has 74 valence electrons. The second-order valence-electron chi connectivity index (χ2n) is 3.22. The van der Waals surface area contributed by atoms with Gasteiger partial charge in [-0.1, -0.05) is 20.3 Å². The number of hydrogen-bond acceptors (Lipinski definition) is 3. The maximum Gasteiger partial charge on any atom is 0.308 e. The zero-order chi connectivity index (χ0) is 10.3. The van der Waals surface area contributed by atoms with Crippen molar-refractivity contribution in [3.8, 4) is 0 Å². The molecular formula is C9H15NO2S. The fourth-order valence-electron chi connectivity index (χ4n) is 1.05. The van der Waals surface area contributed by atoms with Gasteiger partial charge < -0.3 is 5.11 Å². The lowest BCUT2D eigenvalue weighted by atomic mass is 9.94. The first-order valence-corrected chi connectivity index (χ1v) is 4.79. The predicted octanol–water partition coefficient (Wildman–Crippen LogP) is 2.23. The molecule has 0 spiro atoms. The quantitative estimate of drug-likeness (QED) is 0.529. The molecule has 0 saturated heterocycles. The van der Waals surface area contributed by atoms with Crippen molar-refractivity contribution >= 4 is 23.3 Å². The molecule has 4 heteroatoms. The molecule has 13 heavy (non-hydrogen) atoms. The summed E-state index contributed by atoms with van der Waals surface area (Å²) in [6.07, 6.45) is 1.65. The van der Waals surface area contributed by atoms with E-state index in [2.05, 4.69) is 22.4 Å². The lowest BCUT2D eigenvalue weighted by molar-refractivity contribution is -0.141. The van der Waals surface area contributed by atoms with Crippen molar-refractivity contribution in [3.05, 3.63) is 0 Å². The van der Waals surface area contributed by atoms with Crippen LogP contribution in [-0.2, 0) is 4.79 Å². The normalized spacial score (nSPS) is 14.3. The van der Waals surface area contributed by atoms with Crippen molar-refractivity contribution < 1.29 is 9.90 Å². The average Bonchev–Trinajstić information content (AvgIpc) is 2.11. The number of aliphatic carboxylic acids is 1. The second kappa shape index (κ2) is 6.75. The van der Waals surface area contributed by atoms with Crippen LogP contribution in [0.1, 0.15) is 26.7 Å². The summed E-state index contributed by atoms with van der Waals surface area (Å²) in [5.41, 5.74) is 0. The first-order valence-electron chi connectivity index (χ1n) is 4.38. The highest BCUT2D eigenvalue weighted by molar-refractivity contribution is 7.78. The highest BCUT2D eigenvalue weighted by Crippen LogP contribution is 2.15. The van der Waals surface area contributed by atoms with Gasteiger partial charge in [0.05, 0.1) is 17.6 Å². The monoisotopic (exact) mass is 201 g/mol. The van der Waals surface area contributed by atoms with E-state index in [4.69, 9.17) is 5.11 Å². The number of isothiocyanates is 1. The Kier molecular flexibility index (Phi) is 6.37. The minimum Gasteiger partial charge on any atom is -0.481 e. The van der Waals surface area contributed by atoms with E-state index < -0.39 is 11.9 Å². The smallest absolute Gasteiger partial charge is 0.308 e. The van der Waals surface area contributed by atoms with E-state index in [-0.39, 0.29) is 6.54 Å². The zero-order valence-corrected chi connectivity index (χ0v) is 8.80. The molecule has 0 aromatic carbocycles. The minimum atomic E-state index is -0.797. The Balaban J connectivity index is 4.09. The third-order valence-corrected chi connectivity index (χ3v) is 2.24. The second-order valence-corrected chi connectivity index (χ2v) is 3.40. The maximum atomic E-state index is 10.7. The SMILES string of the molecule is CCC(C)CC(CN=C=S)C(=O)O. The molecule has 1 N–H and O–H groups in total. The highest BCUT2D eigenvalue weighted by Gasteiger charge is 2.18. The molecule has 0 amide bonds. The van der Waals surface area contributed by atoms with Crippen LogP contribution in [0.15, 0.2) is 4.99 Å². The van der Waals surface area contributed by atoms with E-state index in [0.717, 1.165) is 6.42 Å². The van der Waals surface area contributed by atoms with Gasteiger partial charge in [0.25, 0.3) is 0 Å². The summed E-state index contributed by atoms with van der Waals surface area (Å²) in [5, 5.41) is 11.0. The van der Waals surface area contributed by atoms with E-state index in [0.29, 0.717) is 12.3 Å². The van der Waals surface area contributed by atoms with Gasteiger partial charge in [0.2, 0.25) is 0 Å². The summed E-state index contributed by atoms with van der Waals surface area (Å²) in [4.78, 5) is 14.4. The number of carboxylic acids is 1. The number of rotatable bonds is 6. The van der Waals surface area contributed by atoms with Gasteiger partial charge >= 0.3 is 5.97 Å². The molecule has 2 atom stereocenters. The lowest BCUT2D eigenvalue weighted by Crippen LogP contribution is -2.19. The summed E-state index contributed by atoms with van der Waals surface area (Å²) < 4.78 is 0. The number of thiocarbonyl (C=S) groups is 1. The van der Waals surface area contributed by atoms with Crippen LogP contribution in [0.3, 0.4) is 0 Å². The topological polar surface area (TPSA) is 49.7 Å². The Bertz CT molecular complexity index is 212. The van der Waals surface area contributed by atoms with Crippen molar-refractivity contribution in [1.82, 2.24) is 0 Å². The van der Waals surface area contributed by atoms with Crippen LogP contribution in [0.4, 0.5) is 0 Å². The van der Waals surface area contributed by atoms with Crippen LogP contribution in [-0.4, -0.2) is 22.8 Å². The summed E-state index contributed by atoms with van der Waals surface area (Å²) in [6, 6.07) is 0. The number of nitrogens with zero attached hydrogens (tertiary/aromatic N) is 1. The van der Waals surface area contributed by atoms with Crippen molar-refractivity contribution in [2.45, 2.75) is 26.7 Å². The lowest BCUT2D eigenvalue weighted by Gasteiger charge is -2.13.